The van der Waals surface area contributed by atoms with E-state index in [1.807, 2.05) is 60.2 Å². The third-order valence-corrected chi connectivity index (χ3v) is 4.20. The van der Waals surface area contributed by atoms with E-state index in [2.05, 4.69) is 5.32 Å². The molecule has 5 heteroatoms. The van der Waals surface area contributed by atoms with Crippen molar-refractivity contribution in [2.75, 3.05) is 5.32 Å². The van der Waals surface area contributed by atoms with Gasteiger partial charge in [0.05, 0.1) is 10.7 Å². The van der Waals surface area contributed by atoms with Crippen molar-refractivity contribution in [3.63, 3.8) is 0 Å². The molecule has 26 heavy (non-hydrogen) atoms. The summed E-state index contributed by atoms with van der Waals surface area (Å²) in [5.41, 5.74) is 3.28. The van der Waals surface area contributed by atoms with E-state index in [1.165, 1.54) is 0 Å². The minimum Gasteiger partial charge on any atom is -0.321 e. The van der Waals surface area contributed by atoms with Crippen LogP contribution in [0.25, 0.3) is 11.8 Å². The highest BCUT2D eigenvalue weighted by molar-refractivity contribution is 6.34. The van der Waals surface area contributed by atoms with Crippen LogP contribution in [0.2, 0.25) is 5.02 Å². The van der Waals surface area contributed by atoms with Crippen LogP contribution in [0.3, 0.4) is 0 Å². The number of nitrogens with zero attached hydrogens (tertiary/aromatic N) is 2. The van der Waals surface area contributed by atoms with E-state index >= 15 is 0 Å². The van der Waals surface area contributed by atoms with Crippen molar-refractivity contribution < 1.29 is 4.79 Å². The first-order valence-electron chi connectivity index (χ1n) is 8.00. The topological polar surface area (TPSA) is 57.8 Å². The highest BCUT2D eigenvalue weighted by Crippen LogP contribution is 2.22. The van der Waals surface area contributed by atoms with Crippen LogP contribution < -0.4 is 5.32 Å². The molecule has 3 rings (SSSR count). The molecule has 0 aliphatic heterocycles. The van der Waals surface area contributed by atoms with Crippen LogP contribution >= 0.6 is 11.6 Å². The average molecular weight is 362 g/mol. The Labute approximate surface area is 157 Å². The predicted molar refractivity (Wildman–Crippen MR) is 104 cm³/mol. The van der Waals surface area contributed by atoms with Crippen LogP contribution in [0.15, 0.2) is 72.4 Å². The quantitative estimate of drug-likeness (QED) is 0.526. The molecule has 0 bridgehead atoms. The zero-order valence-electron chi connectivity index (χ0n) is 14.1. The summed E-state index contributed by atoms with van der Waals surface area (Å²) >= 11 is 6.05. The molecule has 2 aromatic carbocycles. The molecule has 4 nitrogen and oxygen atoms in total. The molecule has 1 heterocycles. The van der Waals surface area contributed by atoms with Gasteiger partial charge >= 0.3 is 0 Å². The number of hydrogen-bond donors (Lipinski definition) is 1. The monoisotopic (exact) mass is 361 g/mol. The van der Waals surface area contributed by atoms with Crippen LogP contribution in [0.5, 0.6) is 0 Å². The molecule has 0 saturated carbocycles. The maximum atomic E-state index is 12.4. The Morgan fingerprint density at radius 1 is 1.15 bits per heavy atom. The van der Waals surface area contributed by atoms with Crippen molar-refractivity contribution in [3.8, 4) is 11.8 Å². The Balaban J connectivity index is 1.87. The van der Waals surface area contributed by atoms with E-state index < -0.39 is 5.91 Å². The highest BCUT2D eigenvalue weighted by atomic mass is 35.5. The Morgan fingerprint density at radius 2 is 1.85 bits per heavy atom. The van der Waals surface area contributed by atoms with Crippen LogP contribution in [0.1, 0.15) is 11.3 Å². The van der Waals surface area contributed by atoms with E-state index in [9.17, 15) is 10.1 Å². The highest BCUT2D eigenvalue weighted by Gasteiger charge is 2.12. The zero-order chi connectivity index (χ0) is 18.5. The van der Waals surface area contributed by atoms with E-state index in [1.54, 1.807) is 30.3 Å². The molecule has 0 saturated heterocycles. The molecule has 0 unspecified atom stereocenters. The molecule has 1 amide bonds. The van der Waals surface area contributed by atoms with Gasteiger partial charge in [-0.05, 0) is 48.9 Å². The number of aryl methyl sites for hydroxylation is 1. The number of carbonyl (C=O) groups is 1. The first kappa shape index (κ1) is 17.5. The molecule has 1 N–H and O–H groups in total. The van der Waals surface area contributed by atoms with Crippen molar-refractivity contribution in [1.29, 1.82) is 5.26 Å². The van der Waals surface area contributed by atoms with Gasteiger partial charge in [-0.15, -0.1) is 0 Å². The van der Waals surface area contributed by atoms with Crippen LogP contribution in [0.4, 0.5) is 5.69 Å². The number of benzene rings is 2. The minimum absolute atomic E-state index is 0.00938. The second kappa shape index (κ2) is 7.73. The van der Waals surface area contributed by atoms with Crippen molar-refractivity contribution in [1.82, 2.24) is 4.57 Å². The normalized spacial score (nSPS) is 11.0. The second-order valence-corrected chi connectivity index (χ2v) is 6.13. The molecular formula is C21H16ClN3O. The maximum absolute atomic E-state index is 12.4. The Hall–Kier alpha value is -3.29. The average Bonchev–Trinajstić information content (AvgIpc) is 3.02. The number of hydrogen-bond acceptors (Lipinski definition) is 2. The van der Waals surface area contributed by atoms with Crippen LogP contribution in [-0.4, -0.2) is 10.5 Å². The molecule has 0 atom stereocenters. The molecule has 3 aromatic rings. The molecule has 0 aliphatic carbocycles. The van der Waals surface area contributed by atoms with Gasteiger partial charge < -0.3 is 9.88 Å². The lowest BCUT2D eigenvalue weighted by Gasteiger charge is -2.05. The van der Waals surface area contributed by atoms with Gasteiger partial charge in [0.15, 0.2) is 0 Å². The SMILES string of the molecule is Cc1cc(/C=C(\C#N)C(=O)Nc2ccccc2Cl)cn1-c1ccccc1. The van der Waals surface area contributed by atoms with E-state index in [0.29, 0.717) is 10.7 Å². The lowest BCUT2D eigenvalue weighted by molar-refractivity contribution is -0.112. The summed E-state index contributed by atoms with van der Waals surface area (Å²) in [5.74, 6) is -0.495. The summed E-state index contributed by atoms with van der Waals surface area (Å²) in [7, 11) is 0. The van der Waals surface area contributed by atoms with E-state index in [4.69, 9.17) is 11.6 Å². The number of carbonyl (C=O) groups excluding carboxylic acids is 1. The van der Waals surface area contributed by atoms with E-state index in [0.717, 1.165) is 16.9 Å². The van der Waals surface area contributed by atoms with Crippen LogP contribution in [0, 0.1) is 18.3 Å². The molecule has 0 radical (unpaired) electrons. The number of para-hydroxylation sites is 2. The fourth-order valence-electron chi connectivity index (χ4n) is 2.61. The van der Waals surface area contributed by atoms with Gasteiger partial charge in [-0.2, -0.15) is 5.26 Å². The van der Waals surface area contributed by atoms with Gasteiger partial charge in [0.25, 0.3) is 5.91 Å². The third kappa shape index (κ3) is 3.85. The lowest BCUT2D eigenvalue weighted by atomic mass is 10.2. The fourth-order valence-corrected chi connectivity index (χ4v) is 2.80. The maximum Gasteiger partial charge on any atom is 0.266 e. The zero-order valence-corrected chi connectivity index (χ0v) is 14.9. The summed E-state index contributed by atoms with van der Waals surface area (Å²) < 4.78 is 2.01. The summed E-state index contributed by atoms with van der Waals surface area (Å²) in [5, 5.41) is 12.5. The summed E-state index contributed by atoms with van der Waals surface area (Å²) in [6, 6.07) is 20.6. The van der Waals surface area contributed by atoms with Crippen molar-refractivity contribution in [3.05, 3.63) is 88.7 Å². The van der Waals surface area contributed by atoms with Gasteiger partial charge in [0.1, 0.15) is 11.6 Å². The second-order valence-electron chi connectivity index (χ2n) is 5.72. The number of rotatable bonds is 4. The smallest absolute Gasteiger partial charge is 0.266 e. The van der Waals surface area contributed by atoms with Gasteiger partial charge in [0.2, 0.25) is 0 Å². The minimum atomic E-state index is -0.495. The summed E-state index contributed by atoms with van der Waals surface area (Å²) in [4.78, 5) is 12.4. The molecular weight excluding hydrogens is 346 g/mol. The molecule has 1 aromatic heterocycles. The first-order chi connectivity index (χ1) is 12.6. The number of anilines is 1. The summed E-state index contributed by atoms with van der Waals surface area (Å²) in [6.07, 6.45) is 3.46. The third-order valence-electron chi connectivity index (χ3n) is 3.87. The molecule has 0 aliphatic rings. The van der Waals surface area contributed by atoms with Crippen molar-refractivity contribution in [2.45, 2.75) is 6.92 Å². The molecule has 0 spiro atoms. The fraction of sp³-hybridized carbons (Fsp3) is 0.0476. The predicted octanol–water partition coefficient (Wildman–Crippen LogP) is 4.98. The first-order valence-corrected chi connectivity index (χ1v) is 8.38. The molecule has 128 valence electrons. The number of halogens is 1. The summed E-state index contributed by atoms with van der Waals surface area (Å²) in [6.45, 7) is 1.97. The Bertz CT molecular complexity index is 1010. The van der Waals surface area contributed by atoms with Gasteiger partial charge in [-0.1, -0.05) is 41.9 Å². The van der Waals surface area contributed by atoms with Crippen molar-refractivity contribution in [2.24, 2.45) is 0 Å². The number of nitrogens with one attached hydrogen (secondary N) is 1. The van der Waals surface area contributed by atoms with Crippen molar-refractivity contribution >= 4 is 29.3 Å². The Kier molecular flexibility index (Phi) is 5.21. The number of nitriles is 1. The number of aromatic nitrogens is 1. The van der Waals surface area contributed by atoms with Crippen LogP contribution in [-0.2, 0) is 4.79 Å². The van der Waals surface area contributed by atoms with Gasteiger partial charge in [0, 0.05) is 17.6 Å². The van der Waals surface area contributed by atoms with Gasteiger partial charge in [-0.3, -0.25) is 4.79 Å². The number of amides is 1. The Morgan fingerprint density at radius 3 is 2.54 bits per heavy atom. The standard InChI is InChI=1S/C21H16ClN3O/c1-15-11-16(14-25(15)18-7-3-2-4-8-18)12-17(13-23)21(26)24-20-10-6-5-9-19(20)22/h2-12,14H,1H3,(H,24,26)/b17-12+. The lowest BCUT2D eigenvalue weighted by Crippen LogP contribution is -2.13. The van der Waals surface area contributed by atoms with E-state index in [-0.39, 0.29) is 5.57 Å². The molecule has 0 fully saturated rings. The largest absolute Gasteiger partial charge is 0.321 e. The van der Waals surface area contributed by atoms with Gasteiger partial charge in [-0.25, -0.2) is 0 Å².